The van der Waals surface area contributed by atoms with E-state index in [1.807, 2.05) is 0 Å². The fourth-order valence-electron chi connectivity index (χ4n) is 12.7. The van der Waals surface area contributed by atoms with E-state index in [0.717, 1.165) is 36.8 Å². The minimum atomic E-state index is -4.33. The van der Waals surface area contributed by atoms with Crippen molar-refractivity contribution in [3.8, 4) is 0 Å². The molecule has 9 heteroatoms. The normalized spacial score (nSPS) is 11.7. The van der Waals surface area contributed by atoms with Gasteiger partial charge in [-0.1, -0.05) is 423 Å². The Morgan fingerprint density at radius 2 is 0.322 bits per heavy atom. The van der Waals surface area contributed by atoms with Gasteiger partial charge in [-0.25, -0.2) is 16.8 Å². The molecule has 0 aliphatic heterocycles. The maximum Gasteiger partial charge on any atom is 2.00 e. The van der Waals surface area contributed by atoms with Crippen molar-refractivity contribution in [2.45, 2.75) is 435 Å². The maximum atomic E-state index is 11.0. The fraction of sp³-hybridized carbons (Fsp3) is 0.846. The van der Waals surface area contributed by atoms with E-state index in [1.54, 1.807) is 24.3 Å². The largest absolute Gasteiger partial charge is 2.00 e. The predicted octanol–water partition coefficient (Wildman–Crippen LogP) is 26.1. The van der Waals surface area contributed by atoms with Crippen molar-refractivity contribution >= 4 is 69.1 Å². The van der Waals surface area contributed by atoms with Crippen LogP contribution < -0.4 is 0 Å². The van der Waals surface area contributed by atoms with E-state index < -0.39 is 20.2 Å². The molecule has 87 heavy (non-hydrogen) atoms. The molecule has 0 spiro atoms. The second kappa shape index (κ2) is 67.3. The van der Waals surface area contributed by atoms with E-state index in [9.17, 15) is 25.9 Å². The molecular formula is C78H142BaO6S2. The molecule has 0 bridgehead atoms. The standard InChI is InChI=1S/2C39H72O3S.Ba/c2*1-2-3-4-5-6-7-8-9-10-11-12-13-14-15-16-17-18-19-20-21-22-23-24-25-26-27-28-29-30-31-32-33-38-34-36-39(37-35-38)43(40,41)42;/h2*34-37H,2-33H2,1H3,(H,40,41,42);/q;;+2/p-2. The van der Waals surface area contributed by atoms with Crippen LogP contribution in [0.3, 0.4) is 0 Å². The molecule has 0 saturated heterocycles. The molecular weight excluding hydrogens is 1230 g/mol. The minimum absolute atomic E-state index is 0. The Bertz CT molecular complexity index is 1750. The molecule has 0 heterocycles. The third-order valence-corrected chi connectivity index (χ3v) is 20.3. The number of aryl methyl sites for hydroxylation is 2. The average Bonchev–Trinajstić information content (AvgIpc) is 3.67. The van der Waals surface area contributed by atoms with Gasteiger partial charge in [0, 0.05) is 0 Å². The molecule has 0 amide bonds. The van der Waals surface area contributed by atoms with Crippen molar-refractivity contribution in [2.24, 2.45) is 0 Å². The van der Waals surface area contributed by atoms with Crippen LogP contribution in [0.2, 0.25) is 0 Å². The summed E-state index contributed by atoms with van der Waals surface area (Å²) in [5.74, 6) is 0. The second-order valence-corrected chi connectivity index (χ2v) is 29.7. The molecule has 2 aromatic rings. The summed E-state index contributed by atoms with van der Waals surface area (Å²) in [5, 5.41) is 0. The topological polar surface area (TPSA) is 114 Å². The third kappa shape index (κ3) is 63.0. The number of hydrogen-bond acceptors (Lipinski definition) is 6. The smallest absolute Gasteiger partial charge is 0.744 e. The van der Waals surface area contributed by atoms with Gasteiger partial charge >= 0.3 is 48.9 Å². The van der Waals surface area contributed by atoms with Crippen molar-refractivity contribution in [3.05, 3.63) is 59.7 Å². The Balaban J connectivity index is 0.00000168. The molecule has 0 aliphatic rings. The maximum absolute atomic E-state index is 11.0. The van der Waals surface area contributed by atoms with Crippen LogP contribution in [0.15, 0.2) is 58.3 Å². The fourth-order valence-corrected chi connectivity index (χ4v) is 13.6. The van der Waals surface area contributed by atoms with Crippen molar-refractivity contribution in [3.63, 3.8) is 0 Å². The van der Waals surface area contributed by atoms with Gasteiger partial charge in [-0.2, -0.15) is 0 Å². The van der Waals surface area contributed by atoms with Crippen LogP contribution in [0.25, 0.3) is 0 Å². The SMILES string of the molecule is CCCCCCCCCCCCCCCCCCCCCCCCCCCCCCCCCc1ccc(S(=O)(=O)[O-])cc1.CCCCCCCCCCCCCCCCCCCCCCCCCCCCCCCCCc1ccc(S(=O)(=O)[O-])cc1.[Ba+2]. The van der Waals surface area contributed by atoms with Crippen LogP contribution in [-0.4, -0.2) is 74.8 Å². The number of benzene rings is 2. The van der Waals surface area contributed by atoms with Crippen LogP contribution in [0.4, 0.5) is 0 Å². The zero-order valence-electron chi connectivity index (χ0n) is 57.8. The van der Waals surface area contributed by atoms with E-state index >= 15 is 0 Å². The van der Waals surface area contributed by atoms with Crippen molar-refractivity contribution in [1.82, 2.24) is 0 Å². The Hall–Kier alpha value is -0.169. The van der Waals surface area contributed by atoms with Crippen molar-refractivity contribution in [2.75, 3.05) is 0 Å². The molecule has 0 radical (unpaired) electrons. The van der Waals surface area contributed by atoms with Crippen molar-refractivity contribution < 1.29 is 25.9 Å². The quantitative estimate of drug-likeness (QED) is 0.0370. The summed E-state index contributed by atoms with van der Waals surface area (Å²) in [5.41, 5.74) is 2.23. The Kier molecular flexibility index (Phi) is 67.1. The molecule has 6 nitrogen and oxygen atoms in total. The number of hydrogen-bond donors (Lipinski definition) is 0. The first-order valence-electron chi connectivity index (χ1n) is 38.2. The predicted molar refractivity (Wildman–Crippen MR) is 380 cm³/mol. The molecule has 0 aliphatic carbocycles. The Morgan fingerprint density at radius 1 is 0.207 bits per heavy atom. The molecule has 0 saturated carbocycles. The van der Waals surface area contributed by atoms with Gasteiger partial charge in [-0.3, -0.25) is 0 Å². The molecule has 0 N–H and O–H groups in total. The van der Waals surface area contributed by atoms with E-state index in [-0.39, 0.29) is 58.7 Å². The summed E-state index contributed by atoms with van der Waals surface area (Å²) >= 11 is 0. The average molecular weight is 1380 g/mol. The van der Waals surface area contributed by atoms with Gasteiger partial charge < -0.3 is 9.11 Å². The number of rotatable bonds is 66. The second-order valence-electron chi connectivity index (χ2n) is 26.9. The first-order valence-corrected chi connectivity index (χ1v) is 41.0. The molecule has 0 fully saturated rings. The first kappa shape index (κ1) is 86.8. The molecule has 504 valence electrons. The first-order chi connectivity index (χ1) is 42.1. The summed E-state index contributed by atoms with van der Waals surface area (Å²) < 4.78 is 65.9. The minimum Gasteiger partial charge on any atom is -0.744 e. The van der Waals surface area contributed by atoms with E-state index in [4.69, 9.17) is 0 Å². The van der Waals surface area contributed by atoms with Crippen LogP contribution >= 0.6 is 0 Å². The molecule has 2 rings (SSSR count). The molecule has 0 atom stereocenters. The van der Waals surface area contributed by atoms with Gasteiger partial charge in [0.1, 0.15) is 20.2 Å². The summed E-state index contributed by atoms with van der Waals surface area (Å²) in [6.45, 7) is 4.60. The van der Waals surface area contributed by atoms with E-state index in [0.29, 0.717) is 0 Å². The van der Waals surface area contributed by atoms with Crippen molar-refractivity contribution in [1.29, 1.82) is 0 Å². The third-order valence-electron chi connectivity index (χ3n) is 18.6. The van der Waals surface area contributed by atoms with E-state index in [2.05, 4.69) is 13.8 Å². The van der Waals surface area contributed by atoms with Gasteiger partial charge in [-0.15, -0.1) is 0 Å². The summed E-state index contributed by atoms with van der Waals surface area (Å²) in [6.07, 6.45) is 89.8. The zero-order valence-corrected chi connectivity index (χ0v) is 63.9. The van der Waals surface area contributed by atoms with Gasteiger partial charge in [0.2, 0.25) is 0 Å². The summed E-state index contributed by atoms with van der Waals surface area (Å²) in [7, 11) is -8.66. The van der Waals surface area contributed by atoms with Crippen LogP contribution in [-0.2, 0) is 33.1 Å². The molecule has 0 aromatic heterocycles. The molecule has 2 aromatic carbocycles. The van der Waals surface area contributed by atoms with E-state index in [1.165, 1.54) is 410 Å². The Morgan fingerprint density at radius 3 is 0.437 bits per heavy atom. The van der Waals surface area contributed by atoms with Gasteiger partial charge in [0.15, 0.2) is 0 Å². The van der Waals surface area contributed by atoms with Gasteiger partial charge in [-0.05, 0) is 61.1 Å². The van der Waals surface area contributed by atoms with Gasteiger partial charge in [0.25, 0.3) is 0 Å². The van der Waals surface area contributed by atoms with Crippen LogP contribution in [0.5, 0.6) is 0 Å². The monoisotopic (exact) mass is 1380 g/mol. The number of unbranched alkanes of at least 4 members (excludes halogenated alkanes) is 60. The summed E-state index contributed by atoms with van der Waals surface area (Å²) in [4.78, 5) is -0.265. The van der Waals surface area contributed by atoms with Gasteiger partial charge in [0.05, 0.1) is 9.79 Å². The summed E-state index contributed by atoms with van der Waals surface area (Å²) in [6, 6.07) is 12.8. The van der Waals surface area contributed by atoms with Crippen LogP contribution in [0.1, 0.15) is 423 Å². The molecule has 0 unspecified atom stereocenters. The van der Waals surface area contributed by atoms with Crippen LogP contribution in [0, 0.1) is 0 Å². The Labute approximate surface area is 583 Å². The zero-order chi connectivity index (χ0) is 62.2.